The summed E-state index contributed by atoms with van der Waals surface area (Å²) in [7, 11) is 0. The minimum atomic E-state index is -0.342. The van der Waals surface area contributed by atoms with Crippen LogP contribution < -0.4 is 16.2 Å². The monoisotopic (exact) mass is 376 g/mol. The standard InChI is InChI=1S/C18H20N4O3.ClH/c1-11-13(6-4-8-19-11)21-15(23)9-22-10-20-16-12-5-2-3-7-14(12)25-17(16)18(22)24;/h2-3,5,7,10-11,13,19H,4,6,8-9H2,1H3,(H,21,23);1H. The highest BCUT2D eigenvalue weighted by molar-refractivity contribution is 6.01. The van der Waals surface area contributed by atoms with Crippen LogP contribution in [0.15, 0.2) is 39.8 Å². The van der Waals surface area contributed by atoms with Crippen molar-refractivity contribution >= 4 is 40.4 Å². The molecule has 2 aromatic heterocycles. The lowest BCUT2D eigenvalue weighted by Gasteiger charge is -2.30. The molecule has 1 aliphatic rings. The molecule has 0 bridgehead atoms. The molecular weight excluding hydrogens is 356 g/mol. The molecule has 3 heterocycles. The summed E-state index contributed by atoms with van der Waals surface area (Å²) in [5, 5.41) is 7.14. The molecule has 7 nitrogen and oxygen atoms in total. The van der Waals surface area contributed by atoms with E-state index < -0.39 is 0 Å². The molecule has 0 saturated carbocycles. The Hall–Kier alpha value is -2.38. The number of hydrogen-bond acceptors (Lipinski definition) is 5. The first kappa shape index (κ1) is 18.4. The number of carbonyl (C=O) groups is 1. The van der Waals surface area contributed by atoms with E-state index >= 15 is 0 Å². The first-order valence-electron chi connectivity index (χ1n) is 8.53. The van der Waals surface area contributed by atoms with Gasteiger partial charge in [0.1, 0.15) is 17.6 Å². The number of piperidine rings is 1. The first-order chi connectivity index (χ1) is 12.1. The highest BCUT2D eigenvalue weighted by Crippen LogP contribution is 2.23. The molecule has 1 aromatic carbocycles. The average Bonchev–Trinajstić information content (AvgIpc) is 2.99. The summed E-state index contributed by atoms with van der Waals surface area (Å²) >= 11 is 0. The molecule has 0 spiro atoms. The lowest BCUT2D eigenvalue weighted by atomic mass is 10.00. The molecule has 1 saturated heterocycles. The molecule has 2 unspecified atom stereocenters. The fraction of sp³-hybridized carbons (Fsp3) is 0.389. The largest absolute Gasteiger partial charge is 0.448 e. The first-order valence-corrected chi connectivity index (χ1v) is 8.53. The van der Waals surface area contributed by atoms with Crippen molar-refractivity contribution in [2.24, 2.45) is 0 Å². The van der Waals surface area contributed by atoms with Gasteiger partial charge in [-0.05, 0) is 38.4 Å². The van der Waals surface area contributed by atoms with Gasteiger partial charge in [0.25, 0.3) is 5.56 Å². The van der Waals surface area contributed by atoms with Gasteiger partial charge in [-0.2, -0.15) is 0 Å². The number of halogens is 1. The van der Waals surface area contributed by atoms with Gasteiger partial charge in [0.2, 0.25) is 11.5 Å². The molecule has 138 valence electrons. The predicted molar refractivity (Wildman–Crippen MR) is 102 cm³/mol. The Morgan fingerprint density at radius 2 is 2.23 bits per heavy atom. The summed E-state index contributed by atoms with van der Waals surface area (Å²) in [6, 6.07) is 7.69. The maximum atomic E-state index is 12.6. The summed E-state index contributed by atoms with van der Waals surface area (Å²) < 4.78 is 6.93. The van der Waals surface area contributed by atoms with Crippen LogP contribution in [0, 0.1) is 0 Å². The van der Waals surface area contributed by atoms with Crippen LogP contribution in [0.3, 0.4) is 0 Å². The van der Waals surface area contributed by atoms with Crippen LogP contribution in [0.1, 0.15) is 19.8 Å². The summed E-state index contributed by atoms with van der Waals surface area (Å²) in [5.74, 6) is -0.195. The number of amides is 1. The van der Waals surface area contributed by atoms with Crippen LogP contribution in [0.5, 0.6) is 0 Å². The van der Waals surface area contributed by atoms with E-state index in [1.54, 1.807) is 6.07 Å². The van der Waals surface area contributed by atoms with Crippen molar-refractivity contribution in [3.8, 4) is 0 Å². The van der Waals surface area contributed by atoms with Gasteiger partial charge in [0.15, 0.2) is 0 Å². The van der Waals surface area contributed by atoms with Crippen LogP contribution in [0.2, 0.25) is 0 Å². The van der Waals surface area contributed by atoms with E-state index in [1.807, 2.05) is 18.2 Å². The SMILES string of the molecule is CC1NCCCC1NC(=O)Cn1cnc2c(oc3ccccc32)c1=O.Cl. The van der Waals surface area contributed by atoms with Crippen molar-refractivity contribution < 1.29 is 9.21 Å². The second kappa shape index (κ2) is 7.47. The zero-order valence-electron chi connectivity index (χ0n) is 14.4. The Balaban J connectivity index is 0.00000196. The Bertz CT molecular complexity index is 997. The van der Waals surface area contributed by atoms with E-state index in [0.717, 1.165) is 24.8 Å². The van der Waals surface area contributed by atoms with Gasteiger partial charge in [-0.1, -0.05) is 12.1 Å². The number of hydrogen-bond donors (Lipinski definition) is 2. The quantitative estimate of drug-likeness (QED) is 0.727. The Kier molecular flexibility index (Phi) is 5.29. The van der Waals surface area contributed by atoms with Crippen molar-refractivity contribution in [3.05, 3.63) is 40.9 Å². The number of nitrogens with one attached hydrogen (secondary N) is 2. The predicted octanol–water partition coefficient (Wildman–Crippen LogP) is 1.82. The normalized spacial score (nSPS) is 20.0. The molecule has 0 aliphatic carbocycles. The van der Waals surface area contributed by atoms with Crippen LogP contribution in [-0.4, -0.2) is 34.1 Å². The fourth-order valence-corrected chi connectivity index (χ4v) is 3.38. The number of carbonyl (C=O) groups excluding carboxylic acids is 1. The van der Waals surface area contributed by atoms with E-state index in [9.17, 15) is 9.59 Å². The van der Waals surface area contributed by atoms with Gasteiger partial charge >= 0.3 is 0 Å². The smallest absolute Gasteiger partial charge is 0.297 e. The number of rotatable bonds is 3. The van der Waals surface area contributed by atoms with Crippen molar-refractivity contribution in [1.29, 1.82) is 0 Å². The maximum Gasteiger partial charge on any atom is 0.297 e. The molecule has 0 radical (unpaired) electrons. The zero-order valence-corrected chi connectivity index (χ0v) is 15.2. The van der Waals surface area contributed by atoms with Crippen LogP contribution in [0.25, 0.3) is 22.1 Å². The van der Waals surface area contributed by atoms with Gasteiger partial charge in [0.05, 0.1) is 6.33 Å². The molecule has 1 fully saturated rings. The van der Waals surface area contributed by atoms with E-state index in [2.05, 4.69) is 22.5 Å². The molecule has 26 heavy (non-hydrogen) atoms. The molecule has 3 aromatic rings. The summed E-state index contributed by atoms with van der Waals surface area (Å²) in [6.45, 7) is 2.96. The molecule has 1 amide bonds. The third-order valence-electron chi connectivity index (χ3n) is 4.77. The lowest BCUT2D eigenvalue weighted by molar-refractivity contribution is -0.122. The van der Waals surface area contributed by atoms with Gasteiger partial charge < -0.3 is 15.1 Å². The van der Waals surface area contributed by atoms with Crippen LogP contribution >= 0.6 is 12.4 Å². The minimum Gasteiger partial charge on any atom is -0.448 e. The van der Waals surface area contributed by atoms with Crippen molar-refractivity contribution in [2.75, 3.05) is 6.54 Å². The Labute approximate surface area is 156 Å². The second-order valence-electron chi connectivity index (χ2n) is 6.51. The highest BCUT2D eigenvalue weighted by Gasteiger charge is 2.23. The van der Waals surface area contributed by atoms with Gasteiger partial charge in [-0.25, -0.2) is 4.98 Å². The van der Waals surface area contributed by atoms with Gasteiger partial charge in [-0.15, -0.1) is 12.4 Å². The Morgan fingerprint density at radius 3 is 3.04 bits per heavy atom. The molecule has 8 heteroatoms. The summed E-state index contributed by atoms with van der Waals surface area (Å²) in [5.41, 5.74) is 0.990. The van der Waals surface area contributed by atoms with E-state index in [0.29, 0.717) is 11.1 Å². The molecule has 1 aliphatic heterocycles. The van der Waals surface area contributed by atoms with Gasteiger partial charge in [-0.3, -0.25) is 14.2 Å². The second-order valence-corrected chi connectivity index (χ2v) is 6.51. The minimum absolute atomic E-state index is 0. The van der Waals surface area contributed by atoms with Crippen LogP contribution in [0.4, 0.5) is 0 Å². The molecular formula is C18H21ClN4O3. The van der Waals surface area contributed by atoms with Crippen molar-refractivity contribution in [2.45, 2.75) is 38.4 Å². The third-order valence-corrected chi connectivity index (χ3v) is 4.77. The zero-order chi connectivity index (χ0) is 17.4. The fourth-order valence-electron chi connectivity index (χ4n) is 3.38. The van der Waals surface area contributed by atoms with Crippen molar-refractivity contribution in [3.63, 3.8) is 0 Å². The van der Waals surface area contributed by atoms with Gasteiger partial charge in [0, 0.05) is 17.5 Å². The average molecular weight is 377 g/mol. The lowest BCUT2D eigenvalue weighted by Crippen LogP contribution is -2.52. The molecule has 4 rings (SSSR count). The number of nitrogens with zero attached hydrogens (tertiary/aromatic N) is 2. The van der Waals surface area contributed by atoms with E-state index in [4.69, 9.17) is 4.42 Å². The van der Waals surface area contributed by atoms with E-state index in [-0.39, 0.29) is 48.1 Å². The van der Waals surface area contributed by atoms with Crippen molar-refractivity contribution in [1.82, 2.24) is 20.2 Å². The maximum absolute atomic E-state index is 12.6. The number of para-hydroxylation sites is 1. The topological polar surface area (TPSA) is 89.2 Å². The Morgan fingerprint density at radius 1 is 1.42 bits per heavy atom. The molecule has 2 N–H and O–H groups in total. The number of furan rings is 1. The van der Waals surface area contributed by atoms with Crippen LogP contribution in [-0.2, 0) is 11.3 Å². The third kappa shape index (κ3) is 3.32. The number of aromatic nitrogens is 2. The van der Waals surface area contributed by atoms with E-state index in [1.165, 1.54) is 10.9 Å². The molecule has 2 atom stereocenters. The number of fused-ring (bicyclic) bond motifs is 3. The summed E-state index contributed by atoms with van der Waals surface area (Å²) in [4.78, 5) is 29.3. The number of benzene rings is 1. The summed E-state index contributed by atoms with van der Waals surface area (Å²) in [6.07, 6.45) is 3.38. The highest BCUT2D eigenvalue weighted by atomic mass is 35.5.